The average Bonchev–Trinajstić information content (AvgIpc) is 2.28. The highest BCUT2D eigenvalue weighted by Crippen LogP contribution is 2.19. The number of carbonyl (C=O) groups excluding carboxylic acids is 2. The molecule has 0 aliphatic rings. The fourth-order valence-electron chi connectivity index (χ4n) is 1.52. The van der Waals surface area contributed by atoms with Gasteiger partial charge in [-0.1, -0.05) is 11.6 Å². The third kappa shape index (κ3) is 5.09. The number of rotatable bonds is 3. The maximum Gasteiger partial charge on any atom is 0.257 e. The van der Waals surface area contributed by atoms with E-state index in [0.29, 0.717) is 4.47 Å². The quantitative estimate of drug-likeness (QED) is 0.840. The lowest BCUT2D eigenvalue weighted by molar-refractivity contribution is -0.122. The van der Waals surface area contributed by atoms with Crippen molar-refractivity contribution in [3.05, 3.63) is 27.5 Å². The van der Waals surface area contributed by atoms with Crippen LogP contribution in [0.3, 0.4) is 0 Å². The molecule has 0 fully saturated rings. The summed E-state index contributed by atoms with van der Waals surface area (Å²) < 4.78 is 0.651. The molecule has 1 N–H and O–H groups in total. The first-order valence-corrected chi connectivity index (χ1v) is 7.15. The summed E-state index contributed by atoms with van der Waals surface area (Å²) in [5.41, 5.74) is -0.0808. The van der Waals surface area contributed by atoms with Crippen molar-refractivity contribution < 1.29 is 9.59 Å². The molecule has 1 rings (SSSR count). The number of aromatic nitrogens is 1. The van der Waals surface area contributed by atoms with Crippen LogP contribution in [-0.2, 0) is 4.79 Å². The Labute approximate surface area is 131 Å². The molecule has 0 bridgehead atoms. The Morgan fingerprint density at radius 1 is 1.45 bits per heavy atom. The summed E-state index contributed by atoms with van der Waals surface area (Å²) in [6.45, 7) is 5.59. The summed E-state index contributed by atoms with van der Waals surface area (Å²) in [7, 11) is 1.54. The van der Waals surface area contributed by atoms with E-state index >= 15 is 0 Å². The number of pyridine rings is 1. The van der Waals surface area contributed by atoms with E-state index < -0.39 is 0 Å². The lowest BCUT2D eigenvalue weighted by atomic mass is 10.1. The molecule has 0 spiro atoms. The Morgan fingerprint density at radius 3 is 2.60 bits per heavy atom. The smallest absolute Gasteiger partial charge is 0.257 e. The van der Waals surface area contributed by atoms with Gasteiger partial charge in [0.05, 0.1) is 12.1 Å². The molecule has 0 aromatic carbocycles. The lowest BCUT2D eigenvalue weighted by Gasteiger charge is -2.23. The second-order valence-electron chi connectivity index (χ2n) is 5.45. The van der Waals surface area contributed by atoms with E-state index in [0.717, 1.165) is 0 Å². The number of nitrogens with one attached hydrogen (secondary N) is 1. The van der Waals surface area contributed by atoms with Crippen LogP contribution in [0.15, 0.2) is 16.7 Å². The first-order valence-electron chi connectivity index (χ1n) is 5.97. The highest BCUT2D eigenvalue weighted by molar-refractivity contribution is 9.10. The van der Waals surface area contributed by atoms with Crippen LogP contribution >= 0.6 is 27.5 Å². The summed E-state index contributed by atoms with van der Waals surface area (Å²) in [4.78, 5) is 29.2. The summed E-state index contributed by atoms with van der Waals surface area (Å²) in [6.07, 6.45) is 1.51. The van der Waals surface area contributed by atoms with Crippen molar-refractivity contribution >= 4 is 39.3 Å². The van der Waals surface area contributed by atoms with E-state index in [1.54, 1.807) is 13.1 Å². The van der Waals surface area contributed by atoms with Gasteiger partial charge in [0.15, 0.2) is 0 Å². The molecule has 5 nitrogen and oxygen atoms in total. The molecule has 20 heavy (non-hydrogen) atoms. The van der Waals surface area contributed by atoms with Crippen molar-refractivity contribution in [3.8, 4) is 0 Å². The molecule has 0 saturated carbocycles. The molecule has 0 aliphatic heterocycles. The van der Waals surface area contributed by atoms with Crippen LogP contribution in [0.5, 0.6) is 0 Å². The van der Waals surface area contributed by atoms with Crippen LogP contribution in [0.25, 0.3) is 0 Å². The van der Waals surface area contributed by atoms with Crippen LogP contribution < -0.4 is 5.32 Å². The molecule has 0 radical (unpaired) electrons. The van der Waals surface area contributed by atoms with Gasteiger partial charge in [0, 0.05) is 23.3 Å². The number of hydrogen-bond donors (Lipinski definition) is 1. The maximum absolute atomic E-state index is 12.2. The molecular formula is C13H17BrClN3O2. The molecular weight excluding hydrogens is 346 g/mol. The fourth-order valence-corrected chi connectivity index (χ4v) is 2.04. The maximum atomic E-state index is 12.2. The third-order valence-electron chi connectivity index (χ3n) is 2.28. The second kappa shape index (κ2) is 6.54. The van der Waals surface area contributed by atoms with E-state index in [9.17, 15) is 9.59 Å². The summed E-state index contributed by atoms with van der Waals surface area (Å²) >= 11 is 9.13. The van der Waals surface area contributed by atoms with Crippen molar-refractivity contribution in [2.24, 2.45) is 0 Å². The van der Waals surface area contributed by atoms with Crippen molar-refractivity contribution in [2.75, 3.05) is 13.6 Å². The third-order valence-corrected chi connectivity index (χ3v) is 3.01. The van der Waals surface area contributed by atoms with Gasteiger partial charge in [-0.25, -0.2) is 4.98 Å². The van der Waals surface area contributed by atoms with Crippen LogP contribution in [0.4, 0.5) is 0 Å². The number of hydrogen-bond acceptors (Lipinski definition) is 3. The topological polar surface area (TPSA) is 62.3 Å². The zero-order valence-electron chi connectivity index (χ0n) is 11.8. The number of halogens is 2. The van der Waals surface area contributed by atoms with Gasteiger partial charge in [0.1, 0.15) is 5.15 Å². The van der Waals surface area contributed by atoms with Crippen molar-refractivity contribution in [3.63, 3.8) is 0 Å². The van der Waals surface area contributed by atoms with E-state index in [1.807, 2.05) is 20.8 Å². The van der Waals surface area contributed by atoms with E-state index in [1.165, 1.54) is 11.1 Å². The Balaban J connectivity index is 2.77. The predicted molar refractivity (Wildman–Crippen MR) is 81.8 cm³/mol. The minimum absolute atomic E-state index is 0.0427. The Hall–Kier alpha value is -1.14. The van der Waals surface area contributed by atoms with Gasteiger partial charge in [-0.2, -0.15) is 0 Å². The van der Waals surface area contributed by atoms with Gasteiger partial charge >= 0.3 is 0 Å². The predicted octanol–water partition coefficient (Wildman–Crippen LogP) is 2.48. The van der Waals surface area contributed by atoms with Gasteiger partial charge in [-0.3, -0.25) is 9.59 Å². The Kier molecular flexibility index (Phi) is 5.53. The molecule has 0 saturated heterocycles. The molecule has 0 atom stereocenters. The molecule has 2 amide bonds. The molecule has 1 heterocycles. The van der Waals surface area contributed by atoms with Crippen LogP contribution in [-0.4, -0.2) is 40.8 Å². The molecule has 7 heteroatoms. The lowest BCUT2D eigenvalue weighted by Crippen LogP contribution is -2.46. The highest BCUT2D eigenvalue weighted by atomic mass is 79.9. The van der Waals surface area contributed by atoms with Crippen molar-refractivity contribution in [2.45, 2.75) is 26.3 Å². The number of nitrogens with zero attached hydrogens (tertiary/aromatic N) is 2. The second-order valence-corrected chi connectivity index (χ2v) is 6.72. The first kappa shape index (κ1) is 16.9. The zero-order valence-corrected chi connectivity index (χ0v) is 14.2. The summed E-state index contributed by atoms with van der Waals surface area (Å²) in [5.74, 6) is -0.583. The van der Waals surface area contributed by atoms with Crippen LogP contribution in [0, 0.1) is 0 Å². The monoisotopic (exact) mass is 361 g/mol. The van der Waals surface area contributed by atoms with E-state index in [2.05, 4.69) is 26.2 Å². The van der Waals surface area contributed by atoms with E-state index in [4.69, 9.17) is 11.6 Å². The number of carbonyl (C=O) groups is 2. The van der Waals surface area contributed by atoms with Gasteiger partial charge in [-0.15, -0.1) is 0 Å². The van der Waals surface area contributed by atoms with Gasteiger partial charge in [-0.05, 0) is 42.8 Å². The van der Waals surface area contributed by atoms with E-state index in [-0.39, 0.29) is 34.6 Å². The molecule has 0 unspecified atom stereocenters. The SMILES string of the molecule is CN(CC(=O)NC(C)(C)C)C(=O)c1cc(Br)cnc1Cl. The zero-order chi connectivity index (χ0) is 15.5. The minimum atomic E-state index is -0.354. The van der Waals surface area contributed by atoms with Gasteiger partial charge < -0.3 is 10.2 Å². The van der Waals surface area contributed by atoms with Gasteiger partial charge in [0.2, 0.25) is 5.91 Å². The normalized spacial score (nSPS) is 11.1. The number of amides is 2. The molecule has 0 aliphatic carbocycles. The molecule has 1 aromatic rings. The molecule has 110 valence electrons. The summed E-state index contributed by atoms with van der Waals surface area (Å²) in [6, 6.07) is 1.58. The highest BCUT2D eigenvalue weighted by Gasteiger charge is 2.20. The minimum Gasteiger partial charge on any atom is -0.350 e. The molecule has 1 aromatic heterocycles. The number of likely N-dealkylation sites (N-methyl/N-ethyl adjacent to an activating group) is 1. The first-order chi connectivity index (χ1) is 9.10. The van der Waals surface area contributed by atoms with Crippen molar-refractivity contribution in [1.29, 1.82) is 0 Å². The average molecular weight is 363 g/mol. The van der Waals surface area contributed by atoms with Crippen LogP contribution in [0.1, 0.15) is 31.1 Å². The standard InChI is InChI=1S/C13H17BrClN3O2/c1-13(2,3)17-10(19)7-18(4)12(20)9-5-8(14)6-16-11(9)15/h5-6H,7H2,1-4H3,(H,17,19). The van der Waals surface area contributed by atoms with Crippen LogP contribution in [0.2, 0.25) is 5.15 Å². The Bertz CT molecular complexity index is 529. The Morgan fingerprint density at radius 2 is 2.05 bits per heavy atom. The van der Waals surface area contributed by atoms with Crippen molar-refractivity contribution in [1.82, 2.24) is 15.2 Å². The summed E-state index contributed by atoms with van der Waals surface area (Å²) in [5, 5.41) is 2.90. The fraction of sp³-hybridized carbons (Fsp3) is 0.462. The largest absolute Gasteiger partial charge is 0.350 e. The van der Waals surface area contributed by atoms with Gasteiger partial charge in [0.25, 0.3) is 5.91 Å².